The van der Waals surface area contributed by atoms with Crippen molar-refractivity contribution in [2.45, 2.75) is 32.4 Å². The maximum atomic E-state index is 13.6. The summed E-state index contributed by atoms with van der Waals surface area (Å²) in [6.45, 7) is 5.72. The number of benzene rings is 3. The topological polar surface area (TPSA) is 86.3 Å². The zero-order valence-corrected chi connectivity index (χ0v) is 24.8. The monoisotopic (exact) mass is 592 g/mol. The van der Waals surface area contributed by atoms with Crippen LogP contribution >= 0.6 is 11.6 Å². The first kappa shape index (κ1) is 27.3. The number of anilines is 2. The second kappa shape index (κ2) is 11.3. The van der Waals surface area contributed by atoms with E-state index in [4.69, 9.17) is 16.6 Å². The van der Waals surface area contributed by atoms with E-state index in [1.807, 2.05) is 76.3 Å². The van der Waals surface area contributed by atoms with Gasteiger partial charge in [-0.2, -0.15) is 0 Å². The fourth-order valence-electron chi connectivity index (χ4n) is 6.38. The molecule has 5 aromatic rings. The third-order valence-electron chi connectivity index (χ3n) is 8.74. The molecule has 2 aliphatic rings. The Kier molecular flexibility index (Phi) is 7.15. The molecule has 0 spiro atoms. The van der Waals surface area contributed by atoms with Gasteiger partial charge in [-0.3, -0.25) is 9.36 Å². The third-order valence-corrected chi connectivity index (χ3v) is 8.97. The number of pyridine rings is 1. The summed E-state index contributed by atoms with van der Waals surface area (Å²) in [6.07, 6.45) is 3.34. The summed E-state index contributed by atoms with van der Waals surface area (Å²) in [5.74, 6) is 0.872. The molecule has 8 nitrogen and oxygen atoms in total. The van der Waals surface area contributed by atoms with Gasteiger partial charge in [-0.15, -0.1) is 0 Å². The summed E-state index contributed by atoms with van der Waals surface area (Å²) < 4.78 is 1.85. The molecule has 3 aromatic carbocycles. The molecule has 1 amide bonds. The number of aryl methyl sites for hydroxylation is 1. The van der Waals surface area contributed by atoms with Gasteiger partial charge in [0.25, 0.3) is 5.91 Å². The molecule has 2 aromatic heterocycles. The van der Waals surface area contributed by atoms with Crippen molar-refractivity contribution in [3.05, 3.63) is 111 Å². The minimum Gasteiger partial charge on any atom is -0.367 e. The number of imidazole rings is 1. The molecule has 7 rings (SSSR count). The summed E-state index contributed by atoms with van der Waals surface area (Å²) in [4.78, 5) is 38.2. The van der Waals surface area contributed by atoms with Crippen molar-refractivity contribution >= 4 is 40.0 Å². The van der Waals surface area contributed by atoms with Crippen molar-refractivity contribution in [1.82, 2.24) is 19.4 Å². The zero-order chi connectivity index (χ0) is 29.5. The number of hydrogen-bond donors (Lipinski definition) is 2. The highest BCUT2D eigenvalue weighted by molar-refractivity contribution is 6.30. The minimum atomic E-state index is -0.0891. The van der Waals surface area contributed by atoms with Gasteiger partial charge in [-0.25, -0.2) is 9.78 Å². The Bertz CT molecular complexity index is 1890. The van der Waals surface area contributed by atoms with Crippen LogP contribution in [0.15, 0.2) is 83.8 Å². The van der Waals surface area contributed by atoms with Crippen LogP contribution in [0.2, 0.25) is 5.02 Å². The number of halogens is 1. The first-order valence-corrected chi connectivity index (χ1v) is 15.2. The van der Waals surface area contributed by atoms with Gasteiger partial charge in [-0.1, -0.05) is 41.9 Å². The summed E-state index contributed by atoms with van der Waals surface area (Å²) in [5.41, 5.74) is 7.67. The maximum absolute atomic E-state index is 13.6. The van der Waals surface area contributed by atoms with E-state index in [1.54, 1.807) is 0 Å². The number of amides is 1. The lowest BCUT2D eigenvalue weighted by atomic mass is 10.0. The molecule has 0 radical (unpaired) electrons. The number of nitrogens with zero attached hydrogens (tertiary/aromatic N) is 4. The fraction of sp³-hybridized carbons (Fsp3) is 0.265. The Balaban J connectivity index is 1.09. The van der Waals surface area contributed by atoms with Gasteiger partial charge in [0.2, 0.25) is 0 Å². The molecule has 9 heteroatoms. The van der Waals surface area contributed by atoms with Crippen molar-refractivity contribution in [3.63, 3.8) is 0 Å². The first-order chi connectivity index (χ1) is 20.9. The van der Waals surface area contributed by atoms with Crippen LogP contribution in [0.1, 0.15) is 40.4 Å². The number of para-hydroxylation sites is 2. The van der Waals surface area contributed by atoms with Crippen LogP contribution in [-0.4, -0.2) is 51.5 Å². The summed E-state index contributed by atoms with van der Waals surface area (Å²) in [6, 6.07) is 23.8. The quantitative estimate of drug-likeness (QED) is 0.251. The molecule has 0 saturated carbocycles. The molecule has 43 heavy (non-hydrogen) atoms. The van der Waals surface area contributed by atoms with E-state index >= 15 is 0 Å². The summed E-state index contributed by atoms with van der Waals surface area (Å²) in [5, 5.41) is 4.16. The zero-order valence-electron chi connectivity index (χ0n) is 24.0. The molecule has 0 aliphatic carbocycles. The van der Waals surface area contributed by atoms with Gasteiger partial charge in [0, 0.05) is 61.1 Å². The van der Waals surface area contributed by atoms with Crippen molar-refractivity contribution < 1.29 is 4.79 Å². The number of nitrogens with one attached hydrogen (secondary N) is 2. The number of rotatable bonds is 5. The van der Waals surface area contributed by atoms with Crippen LogP contribution in [0.25, 0.3) is 22.2 Å². The van der Waals surface area contributed by atoms with Crippen LogP contribution in [0.4, 0.5) is 11.5 Å². The second-order valence-electron chi connectivity index (χ2n) is 11.4. The van der Waals surface area contributed by atoms with Gasteiger partial charge < -0.3 is 20.1 Å². The number of aromatic amines is 1. The molecule has 218 valence electrons. The largest absolute Gasteiger partial charge is 0.367 e. The Hall–Kier alpha value is -4.56. The van der Waals surface area contributed by atoms with Crippen LogP contribution in [-0.2, 0) is 6.54 Å². The predicted molar refractivity (Wildman–Crippen MR) is 172 cm³/mol. The van der Waals surface area contributed by atoms with Crippen molar-refractivity contribution in [1.29, 1.82) is 0 Å². The van der Waals surface area contributed by atoms with E-state index in [0.717, 1.165) is 71.2 Å². The lowest BCUT2D eigenvalue weighted by Crippen LogP contribution is -2.40. The molecule has 1 saturated heterocycles. The van der Waals surface area contributed by atoms with E-state index < -0.39 is 0 Å². The van der Waals surface area contributed by atoms with Crippen molar-refractivity contribution in [2.75, 3.05) is 36.4 Å². The van der Waals surface area contributed by atoms with E-state index in [2.05, 4.69) is 34.3 Å². The average molecular weight is 593 g/mol. The number of aromatic nitrogens is 3. The number of carbonyl (C=O) groups excluding carboxylic acids is 1. The normalized spacial score (nSPS) is 15.4. The molecule has 0 unspecified atom stereocenters. The first-order valence-electron chi connectivity index (χ1n) is 14.8. The fourth-order valence-corrected chi connectivity index (χ4v) is 6.57. The van der Waals surface area contributed by atoms with E-state index in [-0.39, 0.29) is 17.6 Å². The Morgan fingerprint density at radius 3 is 2.67 bits per heavy atom. The standard InChI is InChI=1S/C34H33ClN6O2/c1-22-9-10-27(35)18-26(22)21-40-16-13-36-32-31(40)19-25(20-37-32)23-5-4-6-24(17-23)33(42)39-14-11-28(12-15-39)41-30-8-3-2-7-29(30)38-34(41)43/h2-10,17-20,28H,11-16,21H2,1H3,(H,36,37)(H,38,43). The predicted octanol–water partition coefficient (Wildman–Crippen LogP) is 6.26. The molecule has 0 atom stereocenters. The third kappa shape index (κ3) is 5.27. The Labute approximate surface area is 254 Å². The number of carbonyl (C=O) groups is 1. The number of piperidine rings is 1. The van der Waals surface area contributed by atoms with Gasteiger partial charge in [-0.05, 0) is 78.9 Å². The maximum Gasteiger partial charge on any atom is 0.326 e. The Morgan fingerprint density at radius 2 is 1.81 bits per heavy atom. The second-order valence-corrected chi connectivity index (χ2v) is 11.9. The molecular weight excluding hydrogens is 560 g/mol. The molecule has 2 aliphatic heterocycles. The molecule has 2 N–H and O–H groups in total. The highest BCUT2D eigenvalue weighted by Crippen LogP contribution is 2.34. The van der Waals surface area contributed by atoms with Crippen molar-refractivity contribution in [2.24, 2.45) is 0 Å². The lowest BCUT2D eigenvalue weighted by Gasteiger charge is -2.33. The van der Waals surface area contributed by atoms with Gasteiger partial charge >= 0.3 is 5.69 Å². The van der Waals surface area contributed by atoms with Gasteiger partial charge in [0.1, 0.15) is 5.82 Å². The summed E-state index contributed by atoms with van der Waals surface area (Å²) >= 11 is 6.31. The van der Waals surface area contributed by atoms with Crippen LogP contribution in [0.5, 0.6) is 0 Å². The molecule has 4 heterocycles. The molecule has 0 bridgehead atoms. The van der Waals surface area contributed by atoms with E-state index in [9.17, 15) is 9.59 Å². The molecule has 1 fully saturated rings. The number of H-pyrrole nitrogens is 1. The smallest absolute Gasteiger partial charge is 0.326 e. The van der Waals surface area contributed by atoms with E-state index in [1.165, 1.54) is 11.1 Å². The average Bonchev–Trinajstić information content (AvgIpc) is 3.38. The highest BCUT2D eigenvalue weighted by Gasteiger charge is 2.27. The lowest BCUT2D eigenvalue weighted by molar-refractivity contribution is 0.0695. The van der Waals surface area contributed by atoms with Crippen LogP contribution in [0.3, 0.4) is 0 Å². The SMILES string of the molecule is Cc1ccc(Cl)cc1CN1CCNc2ncc(-c3cccc(C(=O)N4CCC(n5c(=O)[nH]c6ccccc65)CC4)c3)cc21. The van der Waals surface area contributed by atoms with E-state index in [0.29, 0.717) is 18.7 Å². The Morgan fingerprint density at radius 1 is 0.977 bits per heavy atom. The van der Waals surface area contributed by atoms with Gasteiger partial charge in [0.15, 0.2) is 0 Å². The minimum absolute atomic E-state index is 0.0113. The van der Waals surface area contributed by atoms with Crippen LogP contribution < -0.4 is 15.9 Å². The highest BCUT2D eigenvalue weighted by atomic mass is 35.5. The van der Waals surface area contributed by atoms with Gasteiger partial charge in [0.05, 0.1) is 16.7 Å². The number of hydrogen-bond acceptors (Lipinski definition) is 5. The summed E-state index contributed by atoms with van der Waals surface area (Å²) in [7, 11) is 0. The number of fused-ring (bicyclic) bond motifs is 2. The van der Waals surface area contributed by atoms with Crippen molar-refractivity contribution in [3.8, 4) is 11.1 Å². The van der Waals surface area contributed by atoms with Crippen LogP contribution in [0, 0.1) is 6.92 Å². The molecular formula is C34H33ClN6O2. The number of likely N-dealkylation sites (tertiary alicyclic amines) is 1.